The minimum absolute atomic E-state index is 0.0193. The number of rotatable bonds is 6. The summed E-state index contributed by atoms with van der Waals surface area (Å²) in [5.41, 5.74) is 0.995. The first-order chi connectivity index (χ1) is 14.9. The molecule has 4 aromatic rings. The predicted octanol–water partition coefficient (Wildman–Crippen LogP) is 6.16. The molecule has 0 aliphatic carbocycles. The average molecular weight is 493 g/mol. The molecule has 0 unspecified atom stereocenters. The summed E-state index contributed by atoms with van der Waals surface area (Å²) in [5.74, 6) is -0.323. The summed E-state index contributed by atoms with van der Waals surface area (Å²) in [4.78, 5) is 13.7. The van der Waals surface area contributed by atoms with Gasteiger partial charge in [-0.05, 0) is 0 Å². The second kappa shape index (κ2) is 8.49. The molecule has 0 spiro atoms. The van der Waals surface area contributed by atoms with Gasteiger partial charge in [0.1, 0.15) is 0 Å². The Morgan fingerprint density at radius 1 is 0.742 bits per heavy atom. The topological polar surface area (TPSA) is 17.1 Å². The van der Waals surface area contributed by atoms with E-state index in [1.165, 1.54) is 6.07 Å². The van der Waals surface area contributed by atoms with E-state index in [1.54, 1.807) is 19.1 Å². The Balaban J connectivity index is 2.01. The molecule has 0 radical (unpaired) electrons. The number of Topliss-reactive ketones (excluding diaryl/α,β-unsaturated/α-hetero) is 1. The Hall–Kier alpha value is -2.61. The molecule has 0 heterocycles. The number of carbonyl (C=O) groups is 1. The van der Waals surface area contributed by atoms with E-state index in [4.69, 9.17) is 0 Å². The van der Waals surface area contributed by atoms with Gasteiger partial charge in [-0.25, -0.2) is 0 Å². The number of hydrogen-bond donors (Lipinski definition) is 0. The predicted molar refractivity (Wildman–Crippen MR) is 134 cm³/mol. The van der Waals surface area contributed by atoms with Crippen LogP contribution in [0, 0.1) is 12.7 Å². The van der Waals surface area contributed by atoms with Crippen LogP contribution in [0.4, 0.5) is 4.39 Å². The Morgan fingerprint density at radius 3 is 1.55 bits per heavy atom. The molecule has 0 saturated heterocycles. The van der Waals surface area contributed by atoms with E-state index in [0.29, 0.717) is 11.1 Å². The van der Waals surface area contributed by atoms with Gasteiger partial charge in [0.25, 0.3) is 0 Å². The fourth-order valence-electron chi connectivity index (χ4n) is 4.12. The van der Waals surface area contributed by atoms with Crippen molar-refractivity contribution in [3.05, 3.63) is 126 Å². The summed E-state index contributed by atoms with van der Waals surface area (Å²) in [5, 5.41) is -0.105. The van der Waals surface area contributed by atoms with Crippen LogP contribution in [-0.2, 0) is 0 Å². The van der Waals surface area contributed by atoms with E-state index in [-0.39, 0.29) is 17.8 Å². The molecule has 0 atom stereocenters. The van der Waals surface area contributed by atoms with Crippen molar-refractivity contribution < 1.29 is 9.18 Å². The molecule has 0 aliphatic rings. The molecule has 31 heavy (non-hydrogen) atoms. The zero-order chi connectivity index (χ0) is 21.9. The summed E-state index contributed by atoms with van der Waals surface area (Å²) in [6, 6.07) is 35.2. The van der Waals surface area contributed by atoms with Crippen molar-refractivity contribution in [1.82, 2.24) is 0 Å². The van der Waals surface area contributed by atoms with Crippen molar-refractivity contribution in [1.29, 1.82) is 0 Å². The third-order valence-electron chi connectivity index (χ3n) is 5.80. The summed E-state index contributed by atoms with van der Waals surface area (Å²) in [6.45, 7) is 1.69. The molecule has 4 rings (SSSR count). The van der Waals surface area contributed by atoms with Gasteiger partial charge < -0.3 is 0 Å². The monoisotopic (exact) mass is 492 g/mol. The first kappa shape index (κ1) is 21.6. The fourth-order valence-corrected chi connectivity index (χ4v) is 11.5. The van der Waals surface area contributed by atoms with Gasteiger partial charge >= 0.3 is 191 Å². The number of benzene rings is 4. The fraction of sp³-hybridized carbons (Fsp3) is 0.0741. The summed E-state index contributed by atoms with van der Waals surface area (Å²) < 4.78 is 13.9. The van der Waals surface area contributed by atoms with Crippen molar-refractivity contribution in [3.63, 3.8) is 0 Å². The number of ketones is 1. The molecular formula is C27H23BrFOP. The van der Waals surface area contributed by atoms with Crippen LogP contribution in [-0.4, -0.2) is 11.9 Å². The first-order valence-electron chi connectivity index (χ1n) is 10.1. The van der Waals surface area contributed by atoms with Gasteiger partial charge in [-0.1, -0.05) is 0 Å². The van der Waals surface area contributed by atoms with Gasteiger partial charge in [0.15, 0.2) is 0 Å². The van der Waals surface area contributed by atoms with E-state index in [9.17, 15) is 9.18 Å². The van der Waals surface area contributed by atoms with Crippen LogP contribution in [0.2, 0.25) is 0 Å². The maximum absolute atomic E-state index is 13.9. The zero-order valence-electron chi connectivity index (χ0n) is 17.2. The van der Waals surface area contributed by atoms with E-state index in [1.807, 2.05) is 54.6 Å². The van der Waals surface area contributed by atoms with Gasteiger partial charge in [-0.3, -0.25) is 0 Å². The van der Waals surface area contributed by atoms with Gasteiger partial charge in [0.05, 0.1) is 0 Å². The van der Waals surface area contributed by atoms with Crippen molar-refractivity contribution in [3.8, 4) is 0 Å². The first-order valence-corrected chi connectivity index (χ1v) is 14.6. The van der Waals surface area contributed by atoms with Crippen LogP contribution in [0.25, 0.3) is 0 Å². The van der Waals surface area contributed by atoms with Crippen LogP contribution < -0.4 is 15.9 Å². The van der Waals surface area contributed by atoms with Crippen LogP contribution >= 0.6 is 20.8 Å². The van der Waals surface area contributed by atoms with Crippen molar-refractivity contribution in [2.24, 2.45) is 0 Å². The van der Waals surface area contributed by atoms with Gasteiger partial charge in [-0.15, -0.1) is 0 Å². The molecule has 156 valence electrons. The normalized spacial score (nSPS) is 12.7. The third kappa shape index (κ3) is 3.78. The third-order valence-corrected chi connectivity index (χ3v) is 15.2. The molecule has 0 fully saturated rings. The maximum atomic E-state index is 13.9. The average Bonchev–Trinajstić information content (AvgIpc) is 2.82. The molecule has 0 amide bonds. The standard InChI is InChI=1S/C27H23BrFOP/c1-21-19-22(17-18-26(21)29)27(30)20-31(28,23-11-5-2-6-12-23,24-13-7-3-8-14-24)25-15-9-4-10-16-25/h2-19H,20H2,1H3. The molecule has 4 aromatic carbocycles. The van der Waals surface area contributed by atoms with Crippen molar-refractivity contribution in [2.75, 3.05) is 6.16 Å². The van der Waals surface area contributed by atoms with Gasteiger partial charge in [0, 0.05) is 0 Å². The van der Waals surface area contributed by atoms with Crippen LogP contribution in [0.3, 0.4) is 0 Å². The minimum atomic E-state index is -3.35. The summed E-state index contributed by atoms with van der Waals surface area (Å²) in [6.07, 6.45) is 0.259. The molecule has 0 bridgehead atoms. The summed E-state index contributed by atoms with van der Waals surface area (Å²) in [7, 11) is 0. The van der Waals surface area contributed by atoms with Crippen LogP contribution in [0.1, 0.15) is 15.9 Å². The molecule has 0 saturated carbocycles. The second-order valence-corrected chi connectivity index (χ2v) is 16.7. The number of hydrogen-bond acceptors (Lipinski definition) is 1. The Morgan fingerprint density at radius 2 is 1.16 bits per heavy atom. The van der Waals surface area contributed by atoms with E-state index >= 15 is 0 Å². The Bertz CT molecular complexity index is 1110. The van der Waals surface area contributed by atoms with Crippen LogP contribution in [0.5, 0.6) is 0 Å². The van der Waals surface area contributed by atoms with E-state index in [0.717, 1.165) is 15.9 Å². The van der Waals surface area contributed by atoms with Crippen LogP contribution in [0.15, 0.2) is 109 Å². The molecule has 0 N–H and O–H groups in total. The molecule has 0 aromatic heterocycles. The Kier molecular flexibility index (Phi) is 5.92. The number of carbonyl (C=O) groups excluding carboxylic acids is 1. The molecular weight excluding hydrogens is 470 g/mol. The SMILES string of the molecule is Cc1cc(C(=O)CP(Br)(c2ccccc2)(c2ccccc2)c2ccccc2)ccc1F. The van der Waals surface area contributed by atoms with E-state index < -0.39 is 5.31 Å². The van der Waals surface area contributed by atoms with Gasteiger partial charge in [-0.2, -0.15) is 0 Å². The number of aryl methyl sites for hydroxylation is 1. The van der Waals surface area contributed by atoms with Crippen molar-refractivity contribution in [2.45, 2.75) is 6.92 Å². The summed E-state index contributed by atoms with van der Waals surface area (Å²) >= 11 is 4.28. The molecule has 4 heteroatoms. The second-order valence-electron chi connectivity index (χ2n) is 7.73. The Labute approximate surface area is 190 Å². The molecule has 1 nitrogen and oxygen atoms in total. The molecule has 0 aliphatic heterocycles. The van der Waals surface area contributed by atoms with Crippen molar-refractivity contribution >= 4 is 42.5 Å². The quantitative estimate of drug-likeness (QED) is 0.233. The zero-order valence-corrected chi connectivity index (χ0v) is 19.7. The van der Waals surface area contributed by atoms with Gasteiger partial charge in [0.2, 0.25) is 0 Å². The number of halogens is 2. The van der Waals surface area contributed by atoms with E-state index in [2.05, 4.69) is 51.9 Å².